The average molecular weight is 482 g/mol. The fraction of sp³-hybridized carbons (Fsp3) is 0.304. The van der Waals surface area contributed by atoms with E-state index in [0.29, 0.717) is 5.69 Å². The summed E-state index contributed by atoms with van der Waals surface area (Å²) in [6, 6.07) is 14.7. The zero-order chi connectivity index (χ0) is 23.9. The van der Waals surface area contributed by atoms with Crippen molar-refractivity contribution in [3.05, 3.63) is 81.7 Å². The molecule has 2 aromatic carbocycles. The second-order valence-electron chi connectivity index (χ2n) is 8.33. The largest absolute Gasteiger partial charge is 0.335 e. The average Bonchev–Trinajstić information content (AvgIpc) is 3.47. The number of non-ortho nitro benzene ring substituents is 1. The Balaban J connectivity index is 1.34. The maximum atomic E-state index is 13.4. The van der Waals surface area contributed by atoms with Crippen LogP contribution >= 0.6 is 0 Å². The second-order valence-corrected chi connectivity index (χ2v) is 10.3. The van der Waals surface area contributed by atoms with Gasteiger partial charge in [0.05, 0.1) is 15.5 Å². The highest BCUT2D eigenvalue weighted by Crippen LogP contribution is 2.29. The van der Waals surface area contributed by atoms with Gasteiger partial charge in [0.2, 0.25) is 10.0 Å². The monoisotopic (exact) mass is 481 g/mol. The van der Waals surface area contributed by atoms with Crippen molar-refractivity contribution in [2.75, 3.05) is 26.2 Å². The topological polar surface area (TPSA) is 119 Å². The van der Waals surface area contributed by atoms with E-state index in [1.165, 1.54) is 22.5 Å². The van der Waals surface area contributed by atoms with Gasteiger partial charge < -0.3 is 4.90 Å². The molecule has 1 aliphatic heterocycles. The SMILES string of the molecule is O=C(c1nn(-c2ccccc2)c2c1CCC2)N1CCN(S(=O)(=O)c2cccc([N+](=O)[O-])c2)CC1. The number of piperazine rings is 1. The second kappa shape index (κ2) is 8.65. The smallest absolute Gasteiger partial charge is 0.274 e. The van der Waals surface area contributed by atoms with Crippen LogP contribution in [0.15, 0.2) is 59.5 Å². The molecule has 5 rings (SSSR count). The van der Waals surface area contributed by atoms with Crippen LogP contribution in [0, 0.1) is 10.1 Å². The van der Waals surface area contributed by atoms with Crippen LogP contribution in [-0.4, -0.2) is 64.4 Å². The molecule has 0 bridgehead atoms. The number of nitro benzene ring substituents is 1. The predicted octanol–water partition coefficient (Wildman–Crippen LogP) is 2.42. The van der Waals surface area contributed by atoms with Crippen LogP contribution in [0.1, 0.15) is 28.2 Å². The summed E-state index contributed by atoms with van der Waals surface area (Å²) in [5.74, 6) is -0.194. The van der Waals surface area contributed by atoms with Crippen LogP contribution in [0.25, 0.3) is 5.69 Å². The quantitative estimate of drug-likeness (QED) is 0.408. The van der Waals surface area contributed by atoms with E-state index in [0.717, 1.165) is 42.3 Å². The molecule has 2 heterocycles. The van der Waals surface area contributed by atoms with Crippen LogP contribution in [0.2, 0.25) is 0 Å². The number of aromatic nitrogens is 2. The standard InChI is InChI=1S/C23H23N5O5S/c29-23(22-20-10-5-11-21(20)27(24-22)17-6-2-1-3-7-17)25-12-14-26(15-13-25)34(32,33)19-9-4-8-18(16-19)28(30)31/h1-4,6-9,16H,5,10-15H2. The van der Waals surface area contributed by atoms with Crippen molar-refractivity contribution in [1.82, 2.24) is 19.0 Å². The first-order chi connectivity index (χ1) is 16.4. The molecule has 10 nitrogen and oxygen atoms in total. The van der Waals surface area contributed by atoms with Crippen molar-refractivity contribution < 1.29 is 18.1 Å². The molecule has 2 aliphatic rings. The Bertz CT molecular complexity index is 1360. The first-order valence-corrected chi connectivity index (χ1v) is 12.5. The van der Waals surface area contributed by atoms with E-state index < -0.39 is 14.9 Å². The number of hydrogen-bond acceptors (Lipinski definition) is 6. The minimum Gasteiger partial charge on any atom is -0.335 e. The number of benzene rings is 2. The minimum atomic E-state index is -3.90. The number of rotatable bonds is 5. The molecule has 1 amide bonds. The highest BCUT2D eigenvalue weighted by Gasteiger charge is 2.34. The molecule has 0 radical (unpaired) electrons. The number of nitrogens with zero attached hydrogens (tertiary/aromatic N) is 5. The number of hydrogen-bond donors (Lipinski definition) is 0. The predicted molar refractivity (Wildman–Crippen MR) is 123 cm³/mol. The molecule has 11 heteroatoms. The summed E-state index contributed by atoms with van der Waals surface area (Å²) in [6.45, 7) is 0.663. The number of carbonyl (C=O) groups is 1. The number of nitro groups is 1. The third-order valence-corrected chi connectivity index (χ3v) is 8.22. The summed E-state index contributed by atoms with van der Waals surface area (Å²) in [7, 11) is -3.90. The Morgan fingerprint density at radius 2 is 1.71 bits per heavy atom. The van der Waals surface area contributed by atoms with Gasteiger partial charge in [-0.15, -0.1) is 0 Å². The molecule has 1 saturated heterocycles. The molecule has 1 aromatic heterocycles. The molecular formula is C23H23N5O5S. The summed E-state index contributed by atoms with van der Waals surface area (Å²) < 4.78 is 29.1. The lowest BCUT2D eigenvalue weighted by atomic mass is 10.1. The Morgan fingerprint density at radius 3 is 2.41 bits per heavy atom. The minimum absolute atomic E-state index is 0.109. The normalized spacial score (nSPS) is 16.4. The van der Waals surface area contributed by atoms with Gasteiger partial charge in [0.25, 0.3) is 11.6 Å². The van der Waals surface area contributed by atoms with Gasteiger partial charge in [0.15, 0.2) is 5.69 Å². The number of fused-ring (bicyclic) bond motifs is 1. The van der Waals surface area contributed by atoms with Crippen molar-refractivity contribution in [3.8, 4) is 5.69 Å². The first kappa shape index (κ1) is 22.2. The lowest BCUT2D eigenvalue weighted by Gasteiger charge is -2.33. The van der Waals surface area contributed by atoms with Crippen LogP contribution in [0.4, 0.5) is 5.69 Å². The number of sulfonamides is 1. The van der Waals surface area contributed by atoms with Gasteiger partial charge in [0, 0.05) is 49.6 Å². The van der Waals surface area contributed by atoms with E-state index in [4.69, 9.17) is 0 Å². The molecule has 0 N–H and O–H groups in total. The van der Waals surface area contributed by atoms with Crippen molar-refractivity contribution in [2.45, 2.75) is 24.2 Å². The summed E-state index contributed by atoms with van der Waals surface area (Å²) >= 11 is 0. The molecule has 0 unspecified atom stereocenters. The molecule has 34 heavy (non-hydrogen) atoms. The lowest BCUT2D eigenvalue weighted by Crippen LogP contribution is -2.50. The number of para-hydroxylation sites is 1. The molecule has 1 fully saturated rings. The zero-order valence-electron chi connectivity index (χ0n) is 18.3. The van der Waals surface area contributed by atoms with Crippen LogP contribution < -0.4 is 0 Å². The fourth-order valence-electron chi connectivity index (χ4n) is 4.58. The summed E-state index contributed by atoms with van der Waals surface area (Å²) in [5.41, 5.74) is 3.10. The van der Waals surface area contributed by atoms with Gasteiger partial charge in [-0.3, -0.25) is 14.9 Å². The maximum Gasteiger partial charge on any atom is 0.274 e. The van der Waals surface area contributed by atoms with Crippen LogP contribution in [0.3, 0.4) is 0 Å². The van der Waals surface area contributed by atoms with E-state index in [1.54, 1.807) is 4.90 Å². The van der Waals surface area contributed by atoms with Crippen molar-refractivity contribution >= 4 is 21.6 Å². The lowest BCUT2D eigenvalue weighted by molar-refractivity contribution is -0.385. The van der Waals surface area contributed by atoms with Gasteiger partial charge in [-0.25, -0.2) is 13.1 Å². The van der Waals surface area contributed by atoms with E-state index in [9.17, 15) is 23.3 Å². The van der Waals surface area contributed by atoms with Gasteiger partial charge in [-0.05, 0) is 37.5 Å². The third-order valence-electron chi connectivity index (χ3n) is 6.33. The summed E-state index contributed by atoms with van der Waals surface area (Å²) in [5, 5.41) is 15.7. The Hall–Kier alpha value is -3.57. The molecule has 0 saturated carbocycles. The molecule has 0 atom stereocenters. The Morgan fingerprint density at radius 1 is 0.971 bits per heavy atom. The molecular weight excluding hydrogens is 458 g/mol. The number of amides is 1. The van der Waals surface area contributed by atoms with Gasteiger partial charge >= 0.3 is 0 Å². The van der Waals surface area contributed by atoms with E-state index in [2.05, 4.69) is 5.10 Å². The summed E-state index contributed by atoms with van der Waals surface area (Å²) in [4.78, 5) is 25.3. The first-order valence-electron chi connectivity index (χ1n) is 11.1. The van der Waals surface area contributed by atoms with E-state index in [1.807, 2.05) is 35.0 Å². The van der Waals surface area contributed by atoms with E-state index >= 15 is 0 Å². The third kappa shape index (κ3) is 3.86. The highest BCUT2D eigenvalue weighted by atomic mass is 32.2. The molecule has 1 aliphatic carbocycles. The van der Waals surface area contributed by atoms with Gasteiger partial charge in [0.1, 0.15) is 0 Å². The highest BCUT2D eigenvalue weighted by molar-refractivity contribution is 7.89. The molecule has 176 valence electrons. The number of carbonyl (C=O) groups excluding carboxylic acids is 1. The zero-order valence-corrected chi connectivity index (χ0v) is 19.1. The van der Waals surface area contributed by atoms with Crippen LogP contribution in [0.5, 0.6) is 0 Å². The molecule has 3 aromatic rings. The van der Waals surface area contributed by atoms with Gasteiger partial charge in [-0.1, -0.05) is 24.3 Å². The van der Waals surface area contributed by atoms with Crippen molar-refractivity contribution in [1.29, 1.82) is 0 Å². The Kier molecular flexibility index (Phi) is 5.66. The fourth-order valence-corrected chi connectivity index (χ4v) is 6.04. The Labute approximate surface area is 196 Å². The van der Waals surface area contributed by atoms with Crippen molar-refractivity contribution in [3.63, 3.8) is 0 Å². The van der Waals surface area contributed by atoms with Crippen LogP contribution in [-0.2, 0) is 22.9 Å². The maximum absolute atomic E-state index is 13.4. The van der Waals surface area contributed by atoms with Gasteiger partial charge in [-0.2, -0.15) is 9.40 Å². The van der Waals surface area contributed by atoms with E-state index in [-0.39, 0.29) is 42.7 Å². The molecule has 0 spiro atoms. The summed E-state index contributed by atoms with van der Waals surface area (Å²) in [6.07, 6.45) is 2.62. The van der Waals surface area contributed by atoms with Crippen molar-refractivity contribution in [2.24, 2.45) is 0 Å².